The van der Waals surface area contributed by atoms with E-state index in [1.54, 1.807) is 0 Å². The lowest BCUT2D eigenvalue weighted by Gasteiger charge is -2.26. The van der Waals surface area contributed by atoms with E-state index >= 15 is 0 Å². The Hall–Kier alpha value is -1.63. The number of nitrogens with one attached hydrogen (secondary N) is 2. The van der Waals surface area contributed by atoms with Crippen molar-refractivity contribution < 1.29 is 19.5 Å². The highest BCUT2D eigenvalue weighted by molar-refractivity contribution is 5.91. The average molecular weight is 315 g/mol. The number of amides is 2. The van der Waals surface area contributed by atoms with Crippen molar-refractivity contribution in [2.24, 2.45) is 17.6 Å². The number of rotatable bonds is 9. The van der Waals surface area contributed by atoms with Crippen LogP contribution < -0.4 is 16.4 Å². The molecule has 0 aliphatic rings. The fourth-order valence-electron chi connectivity index (χ4n) is 1.94. The number of carboxylic acids is 1. The van der Waals surface area contributed by atoms with E-state index in [2.05, 4.69) is 10.6 Å². The largest absolute Gasteiger partial charge is 0.480 e. The second kappa shape index (κ2) is 9.40. The quantitative estimate of drug-likeness (QED) is 0.493. The van der Waals surface area contributed by atoms with Crippen LogP contribution in [-0.2, 0) is 14.4 Å². The number of carboxylic acid groups (broad SMARTS) is 1. The number of aliphatic carboxylic acids is 1. The molecule has 0 aliphatic heterocycles. The van der Waals surface area contributed by atoms with Gasteiger partial charge in [0.15, 0.2) is 0 Å². The summed E-state index contributed by atoms with van der Waals surface area (Å²) in [7, 11) is 0. The van der Waals surface area contributed by atoms with E-state index in [0.717, 1.165) is 0 Å². The molecule has 2 amide bonds. The van der Waals surface area contributed by atoms with Gasteiger partial charge in [-0.05, 0) is 25.2 Å². The molecule has 0 saturated carbocycles. The molecule has 0 rings (SSSR count). The van der Waals surface area contributed by atoms with Crippen molar-refractivity contribution in [3.05, 3.63) is 0 Å². The van der Waals surface area contributed by atoms with E-state index in [4.69, 9.17) is 10.8 Å². The van der Waals surface area contributed by atoms with Crippen LogP contribution in [0.4, 0.5) is 0 Å². The van der Waals surface area contributed by atoms with Gasteiger partial charge in [-0.2, -0.15) is 0 Å². The Bertz CT molecular complexity index is 398. The summed E-state index contributed by atoms with van der Waals surface area (Å²) in [5.74, 6) is -1.88. The van der Waals surface area contributed by atoms with Gasteiger partial charge in [-0.1, -0.05) is 34.1 Å². The first-order valence-corrected chi connectivity index (χ1v) is 7.69. The molecule has 4 unspecified atom stereocenters. The normalized spacial score (nSPS) is 16.5. The van der Waals surface area contributed by atoms with Crippen LogP contribution in [0.15, 0.2) is 0 Å². The van der Waals surface area contributed by atoms with Crippen LogP contribution in [0, 0.1) is 11.8 Å². The number of hydrogen-bond donors (Lipinski definition) is 4. The summed E-state index contributed by atoms with van der Waals surface area (Å²) in [5, 5.41) is 13.9. The van der Waals surface area contributed by atoms with Crippen molar-refractivity contribution in [2.75, 3.05) is 0 Å². The maximum absolute atomic E-state index is 12.2. The van der Waals surface area contributed by atoms with E-state index in [1.807, 2.05) is 27.7 Å². The maximum Gasteiger partial charge on any atom is 0.325 e. The first-order chi connectivity index (χ1) is 10.1. The van der Waals surface area contributed by atoms with Gasteiger partial charge in [0, 0.05) is 0 Å². The minimum absolute atomic E-state index is 0.129. The molecule has 0 radical (unpaired) electrons. The molecule has 7 nitrogen and oxygen atoms in total. The zero-order chi connectivity index (χ0) is 17.4. The first-order valence-electron chi connectivity index (χ1n) is 7.69. The summed E-state index contributed by atoms with van der Waals surface area (Å²) >= 11 is 0. The lowest BCUT2D eigenvalue weighted by molar-refractivity contribution is -0.142. The van der Waals surface area contributed by atoms with Gasteiger partial charge in [0.2, 0.25) is 11.8 Å². The second-order valence-corrected chi connectivity index (χ2v) is 6.18. The van der Waals surface area contributed by atoms with E-state index in [-0.39, 0.29) is 11.8 Å². The lowest BCUT2D eigenvalue weighted by Crippen LogP contribution is -2.56. The fourth-order valence-corrected chi connectivity index (χ4v) is 1.94. The van der Waals surface area contributed by atoms with Crippen molar-refractivity contribution in [1.29, 1.82) is 0 Å². The lowest BCUT2D eigenvalue weighted by atomic mass is 9.96. The minimum Gasteiger partial charge on any atom is -0.480 e. The molecule has 0 heterocycles. The summed E-state index contributed by atoms with van der Waals surface area (Å²) in [6.45, 7) is 9.01. The van der Waals surface area contributed by atoms with Crippen LogP contribution >= 0.6 is 0 Å². The van der Waals surface area contributed by atoms with E-state index in [9.17, 15) is 14.4 Å². The second-order valence-electron chi connectivity index (χ2n) is 6.18. The fraction of sp³-hybridized carbons (Fsp3) is 0.800. The first kappa shape index (κ1) is 20.4. The molecule has 0 bridgehead atoms. The zero-order valence-electron chi connectivity index (χ0n) is 14.1. The monoisotopic (exact) mass is 315 g/mol. The summed E-state index contributed by atoms with van der Waals surface area (Å²) in [6, 6.07) is -2.49. The number of carbonyl (C=O) groups is 3. The molecule has 0 spiro atoms. The molecule has 0 saturated heterocycles. The Morgan fingerprint density at radius 2 is 1.59 bits per heavy atom. The molecular weight excluding hydrogens is 286 g/mol. The Morgan fingerprint density at radius 3 is 2.00 bits per heavy atom. The molecule has 22 heavy (non-hydrogen) atoms. The third-order valence-corrected chi connectivity index (χ3v) is 3.58. The molecule has 0 aromatic rings. The van der Waals surface area contributed by atoms with Crippen LogP contribution in [0.25, 0.3) is 0 Å². The topological polar surface area (TPSA) is 122 Å². The van der Waals surface area contributed by atoms with Crippen LogP contribution in [0.2, 0.25) is 0 Å². The molecule has 4 atom stereocenters. The van der Waals surface area contributed by atoms with E-state index in [0.29, 0.717) is 12.8 Å². The highest BCUT2D eigenvalue weighted by Gasteiger charge is 2.29. The maximum atomic E-state index is 12.2. The van der Waals surface area contributed by atoms with Crippen LogP contribution in [-0.4, -0.2) is 41.0 Å². The molecule has 0 aromatic carbocycles. The molecule has 128 valence electrons. The van der Waals surface area contributed by atoms with Gasteiger partial charge < -0.3 is 21.5 Å². The van der Waals surface area contributed by atoms with Gasteiger partial charge in [-0.3, -0.25) is 14.4 Å². The van der Waals surface area contributed by atoms with Gasteiger partial charge in [-0.15, -0.1) is 0 Å². The van der Waals surface area contributed by atoms with Crippen molar-refractivity contribution in [2.45, 2.75) is 65.6 Å². The Kier molecular flexibility index (Phi) is 8.70. The summed E-state index contributed by atoms with van der Waals surface area (Å²) in [6.07, 6.45) is 1.19. The van der Waals surface area contributed by atoms with Gasteiger partial charge in [0.05, 0.1) is 6.04 Å². The van der Waals surface area contributed by atoms with Crippen molar-refractivity contribution in [3.8, 4) is 0 Å². The third-order valence-electron chi connectivity index (χ3n) is 3.58. The Morgan fingerprint density at radius 1 is 1.05 bits per heavy atom. The Labute approximate surface area is 132 Å². The molecule has 0 aromatic heterocycles. The van der Waals surface area contributed by atoms with Gasteiger partial charge in [0.25, 0.3) is 0 Å². The van der Waals surface area contributed by atoms with Gasteiger partial charge in [-0.25, -0.2) is 0 Å². The smallest absolute Gasteiger partial charge is 0.325 e. The Balaban J connectivity index is 4.88. The van der Waals surface area contributed by atoms with Crippen molar-refractivity contribution in [1.82, 2.24) is 10.6 Å². The van der Waals surface area contributed by atoms with Crippen molar-refractivity contribution >= 4 is 17.8 Å². The molecule has 5 N–H and O–H groups in total. The predicted molar refractivity (Wildman–Crippen MR) is 84.1 cm³/mol. The summed E-state index contributed by atoms with van der Waals surface area (Å²) < 4.78 is 0. The molecular formula is C15H29N3O4. The number of nitrogens with two attached hydrogens (primary N) is 1. The third kappa shape index (κ3) is 6.89. The van der Waals surface area contributed by atoms with Gasteiger partial charge >= 0.3 is 5.97 Å². The zero-order valence-corrected chi connectivity index (χ0v) is 14.1. The number of hydrogen-bond acceptors (Lipinski definition) is 4. The number of carbonyl (C=O) groups excluding carboxylic acids is 2. The predicted octanol–water partition coefficient (Wildman–Crippen LogP) is 0.480. The highest BCUT2D eigenvalue weighted by atomic mass is 16.4. The van der Waals surface area contributed by atoms with Crippen molar-refractivity contribution in [3.63, 3.8) is 0 Å². The molecule has 7 heteroatoms. The van der Waals surface area contributed by atoms with E-state index in [1.165, 1.54) is 6.92 Å². The standard InChI is InChI=1S/C15H29N3O4/c1-6-9(4)12(14(20)17-10(5)15(21)22)18-13(19)11(16)7-8(2)3/h8-12H,6-7,16H2,1-5H3,(H,17,20)(H,18,19)(H,21,22). The van der Waals surface area contributed by atoms with E-state index < -0.39 is 35.9 Å². The molecule has 0 fully saturated rings. The van der Waals surface area contributed by atoms with Crippen LogP contribution in [0.3, 0.4) is 0 Å². The SMILES string of the molecule is CCC(C)C(NC(=O)C(N)CC(C)C)C(=O)NC(C)C(=O)O. The van der Waals surface area contributed by atoms with Gasteiger partial charge in [0.1, 0.15) is 12.1 Å². The summed E-state index contributed by atoms with van der Waals surface area (Å²) in [5.41, 5.74) is 5.82. The average Bonchev–Trinajstić information content (AvgIpc) is 2.42. The van der Waals surface area contributed by atoms with Crippen LogP contribution in [0.5, 0.6) is 0 Å². The highest BCUT2D eigenvalue weighted by Crippen LogP contribution is 2.10. The summed E-state index contributed by atoms with van der Waals surface area (Å²) in [4.78, 5) is 35.1. The minimum atomic E-state index is -1.13. The molecule has 0 aliphatic carbocycles. The van der Waals surface area contributed by atoms with Crippen LogP contribution in [0.1, 0.15) is 47.5 Å².